The molecule has 0 saturated heterocycles. The molecule has 2 rings (SSSR count). The van der Waals surface area contributed by atoms with Gasteiger partial charge >= 0.3 is 0 Å². The van der Waals surface area contributed by atoms with E-state index in [0.29, 0.717) is 5.92 Å². The first-order chi connectivity index (χ1) is 8.69. The third-order valence-corrected chi connectivity index (χ3v) is 4.17. The topological polar surface area (TPSA) is 37.3 Å². The highest BCUT2D eigenvalue weighted by Crippen LogP contribution is 2.48. The highest BCUT2D eigenvalue weighted by atomic mass is 16.3. The predicted molar refractivity (Wildman–Crippen MR) is 72.4 cm³/mol. The third-order valence-electron chi connectivity index (χ3n) is 4.17. The molecule has 1 aromatic carbocycles. The van der Waals surface area contributed by atoms with Gasteiger partial charge in [-0.1, -0.05) is 57.0 Å². The Bertz CT molecular complexity index is 395. The van der Waals surface area contributed by atoms with Gasteiger partial charge in [-0.15, -0.1) is 0 Å². The molecule has 2 heteroatoms. The second-order valence-electron chi connectivity index (χ2n) is 5.28. The normalized spacial score (nSPS) is 24.0. The van der Waals surface area contributed by atoms with E-state index in [1.54, 1.807) is 0 Å². The van der Waals surface area contributed by atoms with E-state index in [1.807, 2.05) is 32.0 Å². The smallest absolute Gasteiger partial charge is 0.165 e. The van der Waals surface area contributed by atoms with Gasteiger partial charge in [0.15, 0.2) is 5.78 Å². The first-order valence-electron chi connectivity index (χ1n) is 6.95. The lowest BCUT2D eigenvalue weighted by molar-refractivity contribution is -0.131. The van der Waals surface area contributed by atoms with Gasteiger partial charge < -0.3 is 5.11 Å². The predicted octanol–water partition coefficient (Wildman–Crippen LogP) is 3.16. The average Bonchev–Trinajstić information content (AvgIpc) is 3.20. The Hall–Kier alpha value is -1.15. The van der Waals surface area contributed by atoms with Crippen LogP contribution in [0.1, 0.15) is 44.6 Å². The molecule has 0 aromatic heterocycles. The molecule has 1 saturated carbocycles. The lowest BCUT2D eigenvalue weighted by Crippen LogP contribution is -2.30. The lowest BCUT2D eigenvalue weighted by Gasteiger charge is -2.18. The first kappa shape index (κ1) is 13.3. The summed E-state index contributed by atoms with van der Waals surface area (Å²) in [6.45, 7) is 4.07. The average molecular weight is 246 g/mol. The zero-order chi connectivity index (χ0) is 13.1. The Morgan fingerprint density at radius 2 is 1.89 bits per heavy atom. The number of ketones is 1. The number of aliphatic hydroxyl groups excluding tert-OH is 1. The highest BCUT2D eigenvalue weighted by molar-refractivity contribution is 5.89. The van der Waals surface area contributed by atoms with Crippen LogP contribution in [-0.4, -0.2) is 17.0 Å². The molecule has 3 unspecified atom stereocenters. The fourth-order valence-electron chi connectivity index (χ4n) is 2.76. The number of rotatable bonds is 6. The summed E-state index contributed by atoms with van der Waals surface area (Å²) >= 11 is 0. The zero-order valence-electron chi connectivity index (χ0n) is 11.2. The van der Waals surface area contributed by atoms with Crippen LogP contribution in [0, 0.1) is 11.8 Å². The number of carbonyl (C=O) groups is 1. The van der Waals surface area contributed by atoms with Crippen LogP contribution in [0.15, 0.2) is 30.3 Å². The minimum Gasteiger partial charge on any atom is -0.385 e. The molecule has 1 aliphatic rings. The molecule has 1 fully saturated rings. The number of hydrogen-bond donors (Lipinski definition) is 1. The van der Waals surface area contributed by atoms with Crippen LogP contribution >= 0.6 is 0 Å². The largest absolute Gasteiger partial charge is 0.385 e. The van der Waals surface area contributed by atoms with Gasteiger partial charge in [-0.2, -0.15) is 0 Å². The maximum atomic E-state index is 12.2. The zero-order valence-corrected chi connectivity index (χ0v) is 11.2. The second-order valence-corrected chi connectivity index (χ2v) is 5.28. The lowest BCUT2D eigenvalue weighted by atomic mass is 9.91. The van der Waals surface area contributed by atoms with Gasteiger partial charge in [-0.05, 0) is 23.8 Å². The Morgan fingerprint density at radius 3 is 2.44 bits per heavy atom. The van der Waals surface area contributed by atoms with E-state index in [-0.39, 0.29) is 17.6 Å². The van der Waals surface area contributed by atoms with Crippen LogP contribution in [0.5, 0.6) is 0 Å². The molecule has 2 nitrogen and oxygen atoms in total. The molecule has 0 bridgehead atoms. The van der Waals surface area contributed by atoms with Crippen LogP contribution in [0.4, 0.5) is 0 Å². The van der Waals surface area contributed by atoms with Gasteiger partial charge in [0.25, 0.3) is 0 Å². The van der Waals surface area contributed by atoms with E-state index in [9.17, 15) is 9.90 Å². The summed E-state index contributed by atoms with van der Waals surface area (Å²) in [6.07, 6.45) is 1.87. The van der Waals surface area contributed by atoms with Crippen LogP contribution in [0.2, 0.25) is 0 Å². The number of carbonyl (C=O) groups excluding carboxylic acids is 1. The molecule has 0 spiro atoms. The van der Waals surface area contributed by atoms with E-state index in [2.05, 4.69) is 12.1 Å². The summed E-state index contributed by atoms with van der Waals surface area (Å²) < 4.78 is 0. The van der Waals surface area contributed by atoms with Gasteiger partial charge in [0.2, 0.25) is 0 Å². The summed E-state index contributed by atoms with van der Waals surface area (Å²) in [6, 6.07) is 10.1. The first-order valence-corrected chi connectivity index (χ1v) is 6.95. The van der Waals surface area contributed by atoms with E-state index >= 15 is 0 Å². The van der Waals surface area contributed by atoms with Gasteiger partial charge in [0.1, 0.15) is 6.10 Å². The summed E-state index contributed by atoms with van der Waals surface area (Å²) in [5, 5.41) is 10.1. The van der Waals surface area contributed by atoms with Crippen molar-refractivity contribution >= 4 is 5.78 Å². The van der Waals surface area contributed by atoms with Gasteiger partial charge in [0.05, 0.1) is 0 Å². The van der Waals surface area contributed by atoms with Crippen molar-refractivity contribution in [2.75, 3.05) is 0 Å². The molecule has 0 amide bonds. The number of hydrogen-bond acceptors (Lipinski definition) is 2. The van der Waals surface area contributed by atoms with Crippen LogP contribution < -0.4 is 0 Å². The molecular weight excluding hydrogens is 224 g/mol. The molecule has 98 valence electrons. The highest BCUT2D eigenvalue weighted by Gasteiger charge is 2.46. The van der Waals surface area contributed by atoms with Gasteiger partial charge in [-0.3, -0.25) is 4.79 Å². The van der Waals surface area contributed by atoms with E-state index in [0.717, 1.165) is 19.3 Å². The van der Waals surface area contributed by atoms with Crippen molar-refractivity contribution in [1.29, 1.82) is 0 Å². The summed E-state index contributed by atoms with van der Waals surface area (Å²) in [4.78, 5) is 12.2. The number of Topliss-reactive ketones (excluding diaryl/α,β-unsaturated/α-hetero) is 1. The van der Waals surface area contributed by atoms with Gasteiger partial charge in [-0.25, -0.2) is 0 Å². The Morgan fingerprint density at radius 1 is 1.28 bits per heavy atom. The minimum absolute atomic E-state index is 0.0444. The molecule has 0 heterocycles. The molecule has 3 atom stereocenters. The van der Waals surface area contributed by atoms with Crippen LogP contribution in [0.3, 0.4) is 0 Å². The van der Waals surface area contributed by atoms with Crippen molar-refractivity contribution < 1.29 is 9.90 Å². The molecule has 1 aliphatic carbocycles. The van der Waals surface area contributed by atoms with Gasteiger partial charge in [0, 0.05) is 5.92 Å². The Balaban J connectivity index is 1.97. The van der Waals surface area contributed by atoms with E-state index < -0.39 is 6.10 Å². The fraction of sp³-hybridized carbons (Fsp3) is 0.562. The van der Waals surface area contributed by atoms with Crippen molar-refractivity contribution in [3.8, 4) is 0 Å². The molecule has 18 heavy (non-hydrogen) atoms. The third kappa shape index (κ3) is 2.64. The maximum absolute atomic E-state index is 12.2. The van der Waals surface area contributed by atoms with E-state index in [1.165, 1.54) is 5.56 Å². The van der Waals surface area contributed by atoms with Crippen molar-refractivity contribution in [2.45, 2.75) is 45.1 Å². The standard InChI is InChI=1S/C16H22O2/c1-3-11(4-2)15(17)16(18)14-10-13(14)12-8-6-5-7-9-12/h5-9,11,13-15,17H,3-4,10H2,1-2H3. The quantitative estimate of drug-likeness (QED) is 0.837. The van der Waals surface area contributed by atoms with Crippen molar-refractivity contribution in [3.05, 3.63) is 35.9 Å². The molecule has 0 radical (unpaired) electrons. The second kappa shape index (κ2) is 5.66. The minimum atomic E-state index is -0.765. The molecule has 1 N–H and O–H groups in total. The summed E-state index contributed by atoms with van der Waals surface area (Å²) in [5.41, 5.74) is 1.23. The SMILES string of the molecule is CCC(CC)C(O)C(=O)C1CC1c1ccccc1. The Kier molecular flexibility index (Phi) is 4.18. The van der Waals surface area contributed by atoms with Crippen molar-refractivity contribution in [3.63, 3.8) is 0 Å². The number of aliphatic hydroxyl groups is 1. The van der Waals surface area contributed by atoms with Crippen LogP contribution in [0.25, 0.3) is 0 Å². The molecule has 0 aliphatic heterocycles. The maximum Gasteiger partial charge on any atom is 0.165 e. The molecule has 1 aromatic rings. The van der Waals surface area contributed by atoms with E-state index in [4.69, 9.17) is 0 Å². The van der Waals surface area contributed by atoms with Crippen LogP contribution in [-0.2, 0) is 4.79 Å². The van der Waals surface area contributed by atoms with Crippen molar-refractivity contribution in [2.24, 2.45) is 11.8 Å². The Labute approximate surface area is 109 Å². The summed E-state index contributed by atoms with van der Waals surface area (Å²) in [5.74, 6) is 0.554. The monoisotopic (exact) mass is 246 g/mol. The fourth-order valence-corrected chi connectivity index (χ4v) is 2.76. The number of benzene rings is 1. The van der Waals surface area contributed by atoms with Crippen molar-refractivity contribution in [1.82, 2.24) is 0 Å². The summed E-state index contributed by atoms with van der Waals surface area (Å²) in [7, 11) is 0. The molecular formula is C16H22O2.